The minimum atomic E-state index is -0.325. The average molecular weight is 359 g/mol. The number of benzene rings is 2. The number of carbonyl (C=O) groups excluding carboxylic acids is 1. The summed E-state index contributed by atoms with van der Waals surface area (Å²) in [5.74, 6) is -0.0937. The Morgan fingerprint density at radius 2 is 1.80 bits per heavy atom. The predicted octanol–water partition coefficient (Wildman–Crippen LogP) is 3.93. The maximum Gasteiger partial charge on any atom is 0.323 e. The highest BCUT2D eigenvalue weighted by molar-refractivity contribution is 5.85. The number of ether oxygens (including phenoxy) is 1. The fourth-order valence-corrected chi connectivity index (χ4v) is 2.58. The maximum absolute atomic E-state index is 11.8. The third-order valence-corrected chi connectivity index (χ3v) is 3.96. The first-order valence-corrected chi connectivity index (χ1v) is 7.96. The molecule has 0 aliphatic heterocycles. The van der Waals surface area contributed by atoms with Gasteiger partial charge in [-0.1, -0.05) is 56.3 Å². The lowest BCUT2D eigenvalue weighted by atomic mass is 9.99. The number of rotatable bonds is 6. The van der Waals surface area contributed by atoms with Crippen LogP contribution in [0.5, 0.6) is 0 Å². The second-order valence-electron chi connectivity index (χ2n) is 5.98. The third-order valence-electron chi connectivity index (χ3n) is 3.96. The van der Waals surface area contributed by atoms with E-state index in [1.807, 2.05) is 62.4 Å². The molecule has 2 rings (SSSR count). The van der Waals surface area contributed by atoms with Gasteiger partial charge in [0, 0.05) is 6.54 Å². The van der Waals surface area contributed by atoms with Crippen molar-refractivity contribution in [1.29, 1.82) is 5.26 Å². The molecular formula is C20H23ClN2O2. The molecule has 0 saturated carbocycles. The Morgan fingerprint density at radius 1 is 1.16 bits per heavy atom. The first-order valence-electron chi connectivity index (χ1n) is 7.96. The lowest BCUT2D eigenvalue weighted by Gasteiger charge is -2.20. The van der Waals surface area contributed by atoms with E-state index in [2.05, 4.69) is 11.4 Å². The average Bonchev–Trinajstić information content (AvgIpc) is 2.61. The summed E-state index contributed by atoms with van der Waals surface area (Å²) >= 11 is 0. The Hall–Kier alpha value is -2.35. The molecule has 0 fully saturated rings. The maximum atomic E-state index is 11.8. The van der Waals surface area contributed by atoms with Crippen LogP contribution < -0.4 is 5.32 Å². The van der Waals surface area contributed by atoms with Crippen LogP contribution in [0, 0.1) is 17.2 Å². The quantitative estimate of drug-likeness (QED) is 0.794. The lowest BCUT2D eigenvalue weighted by Crippen LogP contribution is -2.41. The van der Waals surface area contributed by atoms with Crippen LogP contribution in [0.4, 0.5) is 0 Å². The van der Waals surface area contributed by atoms with Crippen molar-refractivity contribution >= 4 is 18.4 Å². The molecule has 1 N–H and O–H groups in total. The van der Waals surface area contributed by atoms with Crippen LogP contribution in [-0.2, 0) is 16.1 Å². The largest absolute Gasteiger partial charge is 0.468 e. The Labute approximate surface area is 155 Å². The predicted molar refractivity (Wildman–Crippen MR) is 101 cm³/mol. The normalized spacial score (nSPS) is 11.3. The molecule has 0 unspecified atom stereocenters. The monoisotopic (exact) mass is 358 g/mol. The van der Waals surface area contributed by atoms with Crippen molar-refractivity contribution in [2.24, 2.45) is 5.92 Å². The molecule has 4 nitrogen and oxygen atoms in total. The second-order valence-corrected chi connectivity index (χ2v) is 5.98. The van der Waals surface area contributed by atoms with E-state index in [0.717, 1.165) is 16.7 Å². The molecule has 5 heteroatoms. The summed E-state index contributed by atoms with van der Waals surface area (Å²) in [6.45, 7) is 4.55. The van der Waals surface area contributed by atoms with Gasteiger partial charge in [-0.2, -0.15) is 5.26 Å². The highest BCUT2D eigenvalue weighted by Crippen LogP contribution is 2.23. The van der Waals surface area contributed by atoms with Crippen molar-refractivity contribution in [3.63, 3.8) is 0 Å². The molecule has 0 spiro atoms. The zero-order valence-corrected chi connectivity index (χ0v) is 15.5. The Morgan fingerprint density at radius 3 is 2.36 bits per heavy atom. The Kier molecular flexibility index (Phi) is 8.13. The number of nitriles is 1. The van der Waals surface area contributed by atoms with Gasteiger partial charge in [-0.3, -0.25) is 4.79 Å². The molecule has 0 heterocycles. The summed E-state index contributed by atoms with van der Waals surface area (Å²) in [6.07, 6.45) is 0. The Balaban J connectivity index is 0.00000312. The van der Waals surface area contributed by atoms with Crippen molar-refractivity contribution in [1.82, 2.24) is 5.32 Å². The molecule has 2 aromatic rings. The third kappa shape index (κ3) is 5.32. The van der Waals surface area contributed by atoms with Crippen LogP contribution in [0.3, 0.4) is 0 Å². The van der Waals surface area contributed by atoms with Crippen LogP contribution >= 0.6 is 12.4 Å². The summed E-state index contributed by atoms with van der Waals surface area (Å²) in [5.41, 5.74) is 3.66. The molecule has 0 aliphatic rings. The van der Waals surface area contributed by atoms with Gasteiger partial charge in [-0.25, -0.2) is 0 Å². The smallest absolute Gasteiger partial charge is 0.323 e. The number of esters is 1. The van der Waals surface area contributed by atoms with Gasteiger partial charge >= 0.3 is 5.97 Å². The minimum absolute atomic E-state index is 0. The number of carbonyl (C=O) groups is 1. The number of hydrogen-bond acceptors (Lipinski definition) is 4. The fourth-order valence-electron chi connectivity index (χ4n) is 2.58. The topological polar surface area (TPSA) is 62.1 Å². The zero-order valence-electron chi connectivity index (χ0n) is 14.7. The zero-order chi connectivity index (χ0) is 17.5. The Bertz CT molecular complexity index is 736. The van der Waals surface area contributed by atoms with E-state index in [1.54, 1.807) is 0 Å². The van der Waals surface area contributed by atoms with E-state index in [0.29, 0.717) is 12.1 Å². The molecule has 0 amide bonds. The van der Waals surface area contributed by atoms with Crippen molar-refractivity contribution < 1.29 is 9.53 Å². The van der Waals surface area contributed by atoms with Gasteiger partial charge in [-0.05, 0) is 28.7 Å². The van der Waals surface area contributed by atoms with Gasteiger partial charge in [0.1, 0.15) is 6.04 Å². The molecule has 25 heavy (non-hydrogen) atoms. The highest BCUT2D eigenvalue weighted by atomic mass is 35.5. The number of halogens is 1. The van der Waals surface area contributed by atoms with Crippen LogP contribution in [0.1, 0.15) is 25.0 Å². The molecule has 132 valence electrons. The number of hydrogen-bond donors (Lipinski definition) is 1. The summed E-state index contributed by atoms with van der Waals surface area (Å²) in [6, 6.07) is 17.4. The van der Waals surface area contributed by atoms with Crippen molar-refractivity contribution in [2.75, 3.05) is 7.11 Å². The molecule has 0 radical (unpaired) electrons. The lowest BCUT2D eigenvalue weighted by molar-refractivity contribution is -0.144. The van der Waals surface area contributed by atoms with E-state index in [4.69, 9.17) is 4.74 Å². The van der Waals surface area contributed by atoms with Gasteiger partial charge in [0.15, 0.2) is 0 Å². The summed E-state index contributed by atoms with van der Waals surface area (Å²) in [4.78, 5) is 11.8. The van der Waals surface area contributed by atoms with E-state index >= 15 is 0 Å². The summed E-state index contributed by atoms with van der Waals surface area (Å²) in [5, 5.41) is 12.4. The number of methoxy groups -OCH3 is 1. The van der Waals surface area contributed by atoms with Crippen molar-refractivity contribution in [2.45, 2.75) is 26.4 Å². The van der Waals surface area contributed by atoms with Crippen LogP contribution in [-0.4, -0.2) is 19.1 Å². The highest BCUT2D eigenvalue weighted by Gasteiger charge is 2.21. The molecule has 0 bridgehead atoms. The van der Waals surface area contributed by atoms with E-state index in [9.17, 15) is 10.1 Å². The van der Waals surface area contributed by atoms with Crippen molar-refractivity contribution in [3.8, 4) is 17.2 Å². The van der Waals surface area contributed by atoms with Crippen LogP contribution in [0.2, 0.25) is 0 Å². The van der Waals surface area contributed by atoms with Gasteiger partial charge in [-0.15, -0.1) is 12.4 Å². The van der Waals surface area contributed by atoms with Gasteiger partial charge in [0.2, 0.25) is 0 Å². The molecule has 2 aromatic carbocycles. The second kappa shape index (κ2) is 9.83. The minimum Gasteiger partial charge on any atom is -0.468 e. The fraction of sp³-hybridized carbons (Fsp3) is 0.300. The van der Waals surface area contributed by atoms with Gasteiger partial charge in [0.25, 0.3) is 0 Å². The summed E-state index contributed by atoms with van der Waals surface area (Å²) < 4.78 is 4.83. The molecular weight excluding hydrogens is 336 g/mol. The SMILES string of the molecule is COC(=O)[C@@H](NCc1ccc(-c2ccccc2C#N)cc1)C(C)C.Cl. The van der Waals surface area contributed by atoms with E-state index in [-0.39, 0.29) is 30.3 Å². The van der Waals surface area contributed by atoms with E-state index in [1.165, 1.54) is 7.11 Å². The molecule has 0 aliphatic carbocycles. The van der Waals surface area contributed by atoms with E-state index < -0.39 is 0 Å². The summed E-state index contributed by atoms with van der Waals surface area (Å²) in [7, 11) is 1.40. The van der Waals surface area contributed by atoms with Crippen molar-refractivity contribution in [3.05, 3.63) is 59.7 Å². The van der Waals surface area contributed by atoms with Crippen LogP contribution in [0.25, 0.3) is 11.1 Å². The molecule has 1 atom stereocenters. The van der Waals surface area contributed by atoms with Crippen LogP contribution in [0.15, 0.2) is 48.5 Å². The number of nitrogens with one attached hydrogen (secondary N) is 1. The first-order chi connectivity index (χ1) is 11.6. The standard InChI is InChI=1S/C20H22N2O2.ClH/c1-14(2)19(20(23)24-3)22-13-15-8-10-16(11-9-15)18-7-5-4-6-17(18)12-21;/h4-11,14,19,22H,13H2,1-3H3;1H/t19-;/m0./s1. The molecule has 0 aromatic heterocycles. The van der Waals surface area contributed by atoms with Gasteiger partial charge < -0.3 is 10.1 Å². The number of nitrogens with zero attached hydrogens (tertiary/aromatic N) is 1. The molecule has 0 saturated heterocycles. The first kappa shape index (κ1) is 20.7. The van der Waals surface area contributed by atoms with Gasteiger partial charge in [0.05, 0.1) is 18.7 Å².